The van der Waals surface area contributed by atoms with Crippen LogP contribution in [-0.4, -0.2) is 45.8 Å². The summed E-state index contributed by atoms with van der Waals surface area (Å²) in [6.45, 7) is 4.83. The van der Waals surface area contributed by atoms with Crippen LogP contribution in [0.2, 0.25) is 0 Å². The second kappa shape index (κ2) is 7.44. The molecule has 1 atom stereocenters. The lowest BCUT2D eigenvalue weighted by Crippen LogP contribution is -2.26. The Labute approximate surface area is 133 Å². The number of anilines is 1. The number of aliphatic hydroxyl groups excluding tert-OH is 1. The van der Waals surface area contributed by atoms with Crippen LogP contribution in [0.5, 0.6) is 0 Å². The van der Waals surface area contributed by atoms with Crippen molar-refractivity contribution in [3.05, 3.63) is 39.8 Å². The standard InChI is InChI=1S/C15H20N4O2S/c1-10-4-6-12(7-5-10)16-14(21)15-18-17-13(22-15)9-19(3)8-11(2)20/h4-7,11,20H,8-9H2,1-3H3,(H,16,21). The van der Waals surface area contributed by atoms with Crippen LogP contribution in [0, 0.1) is 6.92 Å². The van der Waals surface area contributed by atoms with Crippen molar-refractivity contribution in [2.24, 2.45) is 0 Å². The first kappa shape index (κ1) is 16.5. The van der Waals surface area contributed by atoms with Crippen molar-refractivity contribution >= 4 is 22.9 Å². The van der Waals surface area contributed by atoms with Crippen molar-refractivity contribution in [2.45, 2.75) is 26.5 Å². The number of carbonyl (C=O) groups excluding carboxylic acids is 1. The third-order valence-electron chi connectivity index (χ3n) is 2.95. The fourth-order valence-electron chi connectivity index (χ4n) is 1.98. The van der Waals surface area contributed by atoms with E-state index >= 15 is 0 Å². The second-order valence-electron chi connectivity index (χ2n) is 5.37. The highest BCUT2D eigenvalue weighted by molar-refractivity contribution is 7.13. The Kier molecular flexibility index (Phi) is 5.59. The maximum Gasteiger partial charge on any atom is 0.286 e. The highest BCUT2D eigenvalue weighted by Gasteiger charge is 2.14. The molecule has 7 heteroatoms. The summed E-state index contributed by atoms with van der Waals surface area (Å²) in [5.74, 6) is -0.259. The molecule has 0 aliphatic heterocycles. The van der Waals surface area contributed by atoms with Gasteiger partial charge in [-0.05, 0) is 33.0 Å². The molecule has 2 rings (SSSR count). The van der Waals surface area contributed by atoms with Crippen LogP contribution in [0.15, 0.2) is 24.3 Å². The molecule has 1 amide bonds. The maximum atomic E-state index is 12.1. The predicted molar refractivity (Wildman–Crippen MR) is 87.1 cm³/mol. The summed E-state index contributed by atoms with van der Waals surface area (Å²) < 4.78 is 0. The molecule has 1 unspecified atom stereocenters. The molecular weight excluding hydrogens is 300 g/mol. The van der Waals surface area contributed by atoms with Gasteiger partial charge in [0.15, 0.2) is 0 Å². The topological polar surface area (TPSA) is 78.4 Å². The van der Waals surface area contributed by atoms with Crippen LogP contribution in [0.1, 0.15) is 27.3 Å². The van der Waals surface area contributed by atoms with Gasteiger partial charge in [0.2, 0.25) is 5.01 Å². The van der Waals surface area contributed by atoms with E-state index in [2.05, 4.69) is 15.5 Å². The molecule has 0 radical (unpaired) electrons. The van der Waals surface area contributed by atoms with Gasteiger partial charge < -0.3 is 10.4 Å². The molecular formula is C15H20N4O2S. The highest BCUT2D eigenvalue weighted by Crippen LogP contribution is 2.15. The number of likely N-dealkylation sites (N-methyl/N-ethyl adjacent to an activating group) is 1. The molecule has 0 saturated carbocycles. The Morgan fingerprint density at radius 1 is 1.36 bits per heavy atom. The van der Waals surface area contributed by atoms with Crippen molar-refractivity contribution in [3.8, 4) is 0 Å². The Morgan fingerprint density at radius 2 is 2.05 bits per heavy atom. The minimum Gasteiger partial charge on any atom is -0.392 e. The zero-order valence-electron chi connectivity index (χ0n) is 12.9. The molecule has 6 nitrogen and oxygen atoms in total. The Bertz CT molecular complexity index is 625. The monoisotopic (exact) mass is 320 g/mol. The van der Waals surface area contributed by atoms with Gasteiger partial charge in [0.25, 0.3) is 5.91 Å². The van der Waals surface area contributed by atoms with E-state index in [1.54, 1.807) is 6.92 Å². The number of nitrogens with one attached hydrogen (secondary N) is 1. The minimum absolute atomic E-state index is 0.259. The first-order chi connectivity index (χ1) is 10.4. The molecule has 22 heavy (non-hydrogen) atoms. The van der Waals surface area contributed by atoms with Gasteiger partial charge in [-0.15, -0.1) is 10.2 Å². The molecule has 0 spiro atoms. The number of nitrogens with zero attached hydrogens (tertiary/aromatic N) is 3. The number of hydrogen-bond acceptors (Lipinski definition) is 6. The highest BCUT2D eigenvalue weighted by atomic mass is 32.1. The van der Waals surface area contributed by atoms with Crippen molar-refractivity contribution in [2.75, 3.05) is 18.9 Å². The molecule has 0 aliphatic rings. The van der Waals surface area contributed by atoms with Crippen LogP contribution in [0.3, 0.4) is 0 Å². The number of aryl methyl sites for hydroxylation is 1. The van der Waals surface area contributed by atoms with Crippen LogP contribution < -0.4 is 5.32 Å². The molecule has 1 heterocycles. The largest absolute Gasteiger partial charge is 0.392 e. The summed E-state index contributed by atoms with van der Waals surface area (Å²) in [5.41, 5.74) is 1.87. The number of aliphatic hydroxyl groups is 1. The average molecular weight is 320 g/mol. The zero-order chi connectivity index (χ0) is 16.1. The molecule has 0 fully saturated rings. The van der Waals surface area contributed by atoms with Crippen LogP contribution >= 0.6 is 11.3 Å². The molecule has 2 aromatic rings. The number of rotatable bonds is 6. The van der Waals surface area contributed by atoms with Crippen LogP contribution in [-0.2, 0) is 6.54 Å². The molecule has 1 aromatic carbocycles. The fourth-order valence-corrected chi connectivity index (χ4v) is 2.79. The lowest BCUT2D eigenvalue weighted by molar-refractivity contribution is 0.102. The SMILES string of the molecule is Cc1ccc(NC(=O)c2nnc(CN(C)CC(C)O)s2)cc1. The van der Waals surface area contributed by atoms with Gasteiger partial charge in [-0.1, -0.05) is 29.0 Å². The second-order valence-corrected chi connectivity index (χ2v) is 6.43. The normalized spacial score (nSPS) is 12.4. The summed E-state index contributed by atoms with van der Waals surface area (Å²) in [6.07, 6.45) is -0.401. The van der Waals surface area contributed by atoms with E-state index in [1.165, 1.54) is 11.3 Å². The van der Waals surface area contributed by atoms with Crippen molar-refractivity contribution < 1.29 is 9.90 Å². The van der Waals surface area contributed by atoms with Crippen LogP contribution in [0.25, 0.3) is 0 Å². The Hall–Kier alpha value is -1.83. The smallest absolute Gasteiger partial charge is 0.286 e. The molecule has 1 aromatic heterocycles. The Balaban J connectivity index is 1.95. The van der Waals surface area contributed by atoms with Crippen molar-refractivity contribution in [1.29, 1.82) is 0 Å². The zero-order valence-corrected chi connectivity index (χ0v) is 13.7. The molecule has 0 saturated heterocycles. The van der Waals surface area contributed by atoms with Gasteiger partial charge in [-0.2, -0.15) is 0 Å². The van der Waals surface area contributed by atoms with Gasteiger partial charge in [0, 0.05) is 12.2 Å². The predicted octanol–water partition coefficient (Wildman–Crippen LogP) is 1.91. The van der Waals surface area contributed by atoms with E-state index in [0.29, 0.717) is 18.1 Å². The maximum absolute atomic E-state index is 12.1. The summed E-state index contributed by atoms with van der Waals surface area (Å²) in [4.78, 5) is 14.1. The van der Waals surface area contributed by atoms with E-state index in [1.807, 2.05) is 43.1 Å². The molecule has 0 aliphatic carbocycles. The first-order valence-electron chi connectivity index (χ1n) is 7.01. The lowest BCUT2D eigenvalue weighted by Gasteiger charge is -2.15. The summed E-state index contributed by atoms with van der Waals surface area (Å²) in [5, 5.41) is 21.2. The minimum atomic E-state index is -0.401. The number of amides is 1. The van der Waals surface area contributed by atoms with E-state index in [-0.39, 0.29) is 5.91 Å². The van der Waals surface area contributed by atoms with E-state index in [0.717, 1.165) is 16.3 Å². The summed E-state index contributed by atoms with van der Waals surface area (Å²) in [7, 11) is 1.89. The summed E-state index contributed by atoms with van der Waals surface area (Å²) >= 11 is 1.26. The fraction of sp³-hybridized carbons (Fsp3) is 0.400. The molecule has 0 bridgehead atoms. The third kappa shape index (κ3) is 4.87. The number of aromatic nitrogens is 2. The lowest BCUT2D eigenvalue weighted by atomic mass is 10.2. The van der Waals surface area contributed by atoms with E-state index < -0.39 is 6.10 Å². The molecule has 2 N–H and O–H groups in total. The number of benzene rings is 1. The number of carbonyl (C=O) groups is 1. The summed E-state index contributed by atoms with van der Waals surface area (Å²) in [6, 6.07) is 7.58. The van der Waals surface area contributed by atoms with E-state index in [4.69, 9.17) is 0 Å². The van der Waals surface area contributed by atoms with E-state index in [9.17, 15) is 9.90 Å². The van der Waals surface area contributed by atoms with Crippen molar-refractivity contribution in [3.63, 3.8) is 0 Å². The quantitative estimate of drug-likeness (QED) is 0.850. The van der Waals surface area contributed by atoms with Crippen LogP contribution in [0.4, 0.5) is 5.69 Å². The van der Waals surface area contributed by atoms with Gasteiger partial charge in [-0.25, -0.2) is 0 Å². The molecule has 118 valence electrons. The third-order valence-corrected chi connectivity index (χ3v) is 3.86. The average Bonchev–Trinajstić information content (AvgIpc) is 2.89. The number of hydrogen-bond donors (Lipinski definition) is 2. The van der Waals surface area contributed by atoms with Gasteiger partial charge in [0.05, 0.1) is 12.6 Å². The van der Waals surface area contributed by atoms with Gasteiger partial charge in [-0.3, -0.25) is 9.69 Å². The van der Waals surface area contributed by atoms with Gasteiger partial charge >= 0.3 is 0 Å². The van der Waals surface area contributed by atoms with Gasteiger partial charge in [0.1, 0.15) is 5.01 Å². The van der Waals surface area contributed by atoms with Crippen molar-refractivity contribution in [1.82, 2.24) is 15.1 Å². The first-order valence-corrected chi connectivity index (χ1v) is 7.82. The Morgan fingerprint density at radius 3 is 2.68 bits per heavy atom.